The standard InChI is InChI=1S/C14H19NO3/c1-15-7-8-18-14(10-15)12(16)9-11-5-3-4-6-13(11)17-2/h3-6,14H,7-10H2,1-2H3. The first-order valence-corrected chi connectivity index (χ1v) is 6.15. The van der Waals surface area contributed by atoms with Crippen molar-refractivity contribution in [2.24, 2.45) is 0 Å². The van der Waals surface area contributed by atoms with E-state index in [-0.39, 0.29) is 11.9 Å². The Kier molecular flexibility index (Phi) is 4.33. The number of hydrogen-bond acceptors (Lipinski definition) is 4. The fourth-order valence-electron chi connectivity index (χ4n) is 2.12. The Labute approximate surface area is 107 Å². The number of ether oxygens (including phenoxy) is 2. The molecule has 0 bridgehead atoms. The molecule has 1 aliphatic rings. The van der Waals surface area contributed by atoms with Gasteiger partial charge in [-0.1, -0.05) is 18.2 Å². The largest absolute Gasteiger partial charge is 0.496 e. The van der Waals surface area contributed by atoms with Crippen molar-refractivity contribution in [2.75, 3.05) is 33.9 Å². The average Bonchev–Trinajstić information content (AvgIpc) is 2.39. The first-order valence-electron chi connectivity index (χ1n) is 6.15. The molecule has 1 unspecified atom stereocenters. The Morgan fingerprint density at radius 3 is 3.00 bits per heavy atom. The molecule has 0 aromatic heterocycles. The summed E-state index contributed by atoms with van der Waals surface area (Å²) in [6.45, 7) is 2.19. The molecule has 1 aliphatic heterocycles. The molecule has 4 heteroatoms. The zero-order valence-corrected chi connectivity index (χ0v) is 10.9. The van der Waals surface area contributed by atoms with E-state index < -0.39 is 0 Å². The summed E-state index contributed by atoms with van der Waals surface area (Å²) in [4.78, 5) is 14.3. The van der Waals surface area contributed by atoms with Crippen molar-refractivity contribution in [1.29, 1.82) is 0 Å². The third-order valence-electron chi connectivity index (χ3n) is 3.19. The smallest absolute Gasteiger partial charge is 0.167 e. The number of morpholine rings is 1. The predicted molar refractivity (Wildman–Crippen MR) is 68.9 cm³/mol. The van der Waals surface area contributed by atoms with E-state index in [1.807, 2.05) is 31.3 Å². The molecule has 4 nitrogen and oxygen atoms in total. The van der Waals surface area contributed by atoms with E-state index in [1.54, 1.807) is 7.11 Å². The summed E-state index contributed by atoms with van der Waals surface area (Å²) in [6, 6.07) is 7.61. The number of methoxy groups -OCH3 is 1. The van der Waals surface area contributed by atoms with E-state index >= 15 is 0 Å². The number of carbonyl (C=O) groups is 1. The third-order valence-corrected chi connectivity index (χ3v) is 3.19. The van der Waals surface area contributed by atoms with Gasteiger partial charge in [0.2, 0.25) is 0 Å². The normalized spacial score (nSPS) is 20.7. The first-order chi connectivity index (χ1) is 8.70. The molecule has 1 heterocycles. The number of nitrogens with zero attached hydrogens (tertiary/aromatic N) is 1. The van der Waals surface area contributed by atoms with E-state index in [1.165, 1.54) is 0 Å². The Balaban J connectivity index is 2.02. The van der Waals surface area contributed by atoms with Crippen molar-refractivity contribution in [3.8, 4) is 5.75 Å². The second-order valence-electron chi connectivity index (χ2n) is 4.58. The van der Waals surface area contributed by atoms with Crippen LogP contribution in [0.15, 0.2) is 24.3 Å². The molecule has 0 N–H and O–H groups in total. The summed E-state index contributed by atoms with van der Waals surface area (Å²) in [5.41, 5.74) is 0.918. The second-order valence-corrected chi connectivity index (χ2v) is 4.58. The third kappa shape index (κ3) is 3.09. The summed E-state index contributed by atoms with van der Waals surface area (Å²) in [7, 11) is 3.63. The maximum absolute atomic E-state index is 12.2. The zero-order chi connectivity index (χ0) is 13.0. The summed E-state index contributed by atoms with van der Waals surface area (Å²) >= 11 is 0. The SMILES string of the molecule is COc1ccccc1CC(=O)C1CN(C)CCO1. The fourth-order valence-corrected chi connectivity index (χ4v) is 2.12. The van der Waals surface area contributed by atoms with Crippen molar-refractivity contribution in [1.82, 2.24) is 4.90 Å². The van der Waals surface area contributed by atoms with Crippen LogP contribution >= 0.6 is 0 Å². The van der Waals surface area contributed by atoms with Gasteiger partial charge in [-0.25, -0.2) is 0 Å². The van der Waals surface area contributed by atoms with Crippen LogP contribution in [0.25, 0.3) is 0 Å². The van der Waals surface area contributed by atoms with Crippen LogP contribution in [0.1, 0.15) is 5.56 Å². The highest BCUT2D eigenvalue weighted by Gasteiger charge is 2.25. The van der Waals surface area contributed by atoms with Gasteiger partial charge in [0.25, 0.3) is 0 Å². The molecule has 18 heavy (non-hydrogen) atoms. The second kappa shape index (κ2) is 5.98. The summed E-state index contributed by atoms with van der Waals surface area (Å²) in [5, 5.41) is 0. The van der Waals surface area contributed by atoms with Gasteiger partial charge in [0.15, 0.2) is 5.78 Å². The lowest BCUT2D eigenvalue weighted by Gasteiger charge is -2.29. The van der Waals surface area contributed by atoms with Crippen molar-refractivity contribution in [3.05, 3.63) is 29.8 Å². The van der Waals surface area contributed by atoms with Gasteiger partial charge < -0.3 is 14.4 Å². The molecular formula is C14H19NO3. The molecule has 1 aromatic carbocycles. The highest BCUT2D eigenvalue weighted by molar-refractivity contribution is 5.86. The number of para-hydroxylation sites is 1. The molecule has 0 spiro atoms. The van der Waals surface area contributed by atoms with Gasteiger partial charge in [0, 0.05) is 25.1 Å². The van der Waals surface area contributed by atoms with Gasteiger partial charge in [-0.3, -0.25) is 4.79 Å². The predicted octanol–water partition coefficient (Wildman–Crippen LogP) is 1.14. The van der Waals surface area contributed by atoms with Crippen LogP contribution in [0.3, 0.4) is 0 Å². The molecule has 0 saturated carbocycles. The van der Waals surface area contributed by atoms with Crippen LogP contribution in [-0.2, 0) is 16.0 Å². The fraction of sp³-hybridized carbons (Fsp3) is 0.500. The lowest BCUT2D eigenvalue weighted by atomic mass is 10.0. The number of carbonyl (C=O) groups excluding carboxylic acids is 1. The minimum absolute atomic E-state index is 0.117. The Bertz CT molecular complexity index is 419. The van der Waals surface area contributed by atoms with Gasteiger partial charge >= 0.3 is 0 Å². The van der Waals surface area contributed by atoms with E-state index in [0.29, 0.717) is 19.6 Å². The Morgan fingerprint density at radius 1 is 1.50 bits per heavy atom. The Morgan fingerprint density at radius 2 is 2.28 bits per heavy atom. The molecule has 2 rings (SSSR count). The minimum atomic E-state index is -0.311. The van der Waals surface area contributed by atoms with Gasteiger partial charge in [-0.05, 0) is 13.1 Å². The summed E-state index contributed by atoms with van der Waals surface area (Å²) < 4.78 is 10.8. The van der Waals surface area contributed by atoms with Crippen LogP contribution in [0.2, 0.25) is 0 Å². The summed E-state index contributed by atoms with van der Waals surface area (Å²) in [6.07, 6.45) is 0.0522. The average molecular weight is 249 g/mol. The first kappa shape index (κ1) is 13.1. The van der Waals surface area contributed by atoms with Crippen molar-refractivity contribution >= 4 is 5.78 Å². The quantitative estimate of drug-likeness (QED) is 0.802. The zero-order valence-electron chi connectivity index (χ0n) is 10.9. The topological polar surface area (TPSA) is 38.8 Å². The molecule has 1 atom stereocenters. The van der Waals surface area contributed by atoms with Crippen molar-refractivity contribution < 1.29 is 14.3 Å². The lowest BCUT2D eigenvalue weighted by molar-refractivity contribution is -0.134. The molecular weight excluding hydrogens is 230 g/mol. The maximum atomic E-state index is 12.2. The van der Waals surface area contributed by atoms with Crippen LogP contribution < -0.4 is 4.74 Å². The molecule has 1 saturated heterocycles. The summed E-state index contributed by atoms with van der Waals surface area (Å²) in [5.74, 6) is 0.876. The number of benzene rings is 1. The van der Waals surface area contributed by atoms with Crippen molar-refractivity contribution in [2.45, 2.75) is 12.5 Å². The highest BCUT2D eigenvalue weighted by atomic mass is 16.5. The van der Waals surface area contributed by atoms with E-state index in [9.17, 15) is 4.79 Å². The van der Waals surface area contributed by atoms with Crippen LogP contribution in [0.4, 0.5) is 0 Å². The van der Waals surface area contributed by atoms with Crippen LogP contribution in [-0.4, -0.2) is 50.6 Å². The minimum Gasteiger partial charge on any atom is -0.496 e. The molecule has 1 aromatic rings. The number of ketones is 1. The van der Waals surface area contributed by atoms with E-state index in [2.05, 4.69) is 4.90 Å². The highest BCUT2D eigenvalue weighted by Crippen LogP contribution is 2.19. The van der Waals surface area contributed by atoms with Gasteiger partial charge in [-0.15, -0.1) is 0 Å². The monoisotopic (exact) mass is 249 g/mol. The molecule has 98 valence electrons. The lowest BCUT2D eigenvalue weighted by Crippen LogP contribution is -2.44. The van der Waals surface area contributed by atoms with Gasteiger partial charge in [0.1, 0.15) is 11.9 Å². The van der Waals surface area contributed by atoms with Crippen LogP contribution in [0, 0.1) is 0 Å². The van der Waals surface area contributed by atoms with E-state index in [0.717, 1.165) is 17.9 Å². The van der Waals surface area contributed by atoms with E-state index in [4.69, 9.17) is 9.47 Å². The molecule has 0 amide bonds. The Hall–Kier alpha value is -1.39. The molecule has 1 fully saturated rings. The van der Waals surface area contributed by atoms with Crippen LogP contribution in [0.5, 0.6) is 5.75 Å². The van der Waals surface area contributed by atoms with Crippen molar-refractivity contribution in [3.63, 3.8) is 0 Å². The number of Topliss-reactive ketones (excluding diaryl/α,β-unsaturated/α-hetero) is 1. The maximum Gasteiger partial charge on any atom is 0.167 e. The number of hydrogen-bond donors (Lipinski definition) is 0. The number of rotatable bonds is 4. The van der Waals surface area contributed by atoms with Gasteiger partial charge in [0.05, 0.1) is 13.7 Å². The number of likely N-dealkylation sites (N-methyl/N-ethyl adjacent to an activating group) is 1. The van der Waals surface area contributed by atoms with Gasteiger partial charge in [-0.2, -0.15) is 0 Å². The molecule has 0 aliphatic carbocycles. The molecule has 0 radical (unpaired) electrons.